The predicted octanol–water partition coefficient (Wildman–Crippen LogP) is 2.44. The second-order valence-electron chi connectivity index (χ2n) is 5.63. The zero-order valence-electron chi connectivity index (χ0n) is 13.4. The molecule has 2 heterocycles. The van der Waals surface area contributed by atoms with Crippen LogP contribution in [0.5, 0.6) is 0 Å². The van der Waals surface area contributed by atoms with Crippen molar-refractivity contribution in [1.29, 1.82) is 0 Å². The Morgan fingerprint density at radius 1 is 1.17 bits per heavy atom. The predicted molar refractivity (Wildman–Crippen MR) is 86.5 cm³/mol. The number of carbonyl (C=O) groups excluding carboxylic acids is 2. The Hall–Kier alpha value is -2.69. The maximum Gasteiger partial charge on any atom is 0.329 e. The van der Waals surface area contributed by atoms with Crippen molar-refractivity contribution in [1.82, 2.24) is 4.98 Å². The number of fused-ring (bicyclic) bond motifs is 1. The van der Waals surface area contributed by atoms with Crippen LogP contribution < -0.4 is 4.90 Å². The highest BCUT2D eigenvalue weighted by Crippen LogP contribution is 2.34. The molecule has 0 spiro atoms. The van der Waals surface area contributed by atoms with E-state index in [2.05, 4.69) is 4.98 Å². The highest BCUT2D eigenvalue weighted by Gasteiger charge is 2.39. The highest BCUT2D eigenvalue weighted by atomic mass is 16.5. The molecule has 0 N–H and O–H groups in total. The summed E-state index contributed by atoms with van der Waals surface area (Å²) in [6.45, 7) is 3.68. The number of anilines is 1. The van der Waals surface area contributed by atoms with Crippen LogP contribution in [-0.4, -0.2) is 30.0 Å². The van der Waals surface area contributed by atoms with Gasteiger partial charge in [-0.05, 0) is 37.6 Å². The molecule has 0 unspecified atom stereocenters. The van der Waals surface area contributed by atoms with Gasteiger partial charge in [-0.25, -0.2) is 4.79 Å². The molecule has 0 saturated heterocycles. The number of hydrogen-bond donors (Lipinski definition) is 0. The average Bonchev–Trinajstić information content (AvgIpc) is 2.93. The quantitative estimate of drug-likeness (QED) is 0.799. The van der Waals surface area contributed by atoms with Crippen LogP contribution in [0.3, 0.4) is 0 Å². The molecule has 5 heteroatoms. The summed E-state index contributed by atoms with van der Waals surface area (Å²) >= 11 is 0. The zero-order chi connectivity index (χ0) is 16.6. The number of esters is 1. The lowest BCUT2D eigenvalue weighted by Gasteiger charge is -2.24. The van der Waals surface area contributed by atoms with E-state index in [1.165, 1.54) is 12.0 Å². The summed E-state index contributed by atoms with van der Waals surface area (Å²) < 4.78 is 4.88. The van der Waals surface area contributed by atoms with Crippen molar-refractivity contribution in [3.63, 3.8) is 0 Å². The zero-order valence-corrected chi connectivity index (χ0v) is 13.4. The molecule has 3 rings (SSSR count). The van der Waals surface area contributed by atoms with E-state index in [0.717, 1.165) is 16.9 Å². The fourth-order valence-corrected chi connectivity index (χ4v) is 3.00. The minimum atomic E-state index is -0.634. The van der Waals surface area contributed by atoms with E-state index in [1.807, 2.05) is 31.2 Å². The van der Waals surface area contributed by atoms with Gasteiger partial charge in [-0.2, -0.15) is 0 Å². The van der Waals surface area contributed by atoms with Crippen LogP contribution in [0.25, 0.3) is 0 Å². The topological polar surface area (TPSA) is 59.5 Å². The third kappa shape index (κ3) is 2.59. The van der Waals surface area contributed by atoms with Gasteiger partial charge in [0.15, 0.2) is 0 Å². The van der Waals surface area contributed by atoms with Crippen LogP contribution in [0.1, 0.15) is 27.3 Å². The van der Waals surface area contributed by atoms with Crippen molar-refractivity contribution >= 4 is 17.6 Å². The number of aryl methyl sites for hydroxylation is 2. The van der Waals surface area contributed by atoms with Crippen molar-refractivity contribution in [3.8, 4) is 0 Å². The average molecular weight is 310 g/mol. The van der Waals surface area contributed by atoms with E-state index in [-0.39, 0.29) is 5.91 Å². The second-order valence-corrected chi connectivity index (χ2v) is 5.63. The Labute approximate surface area is 134 Å². The van der Waals surface area contributed by atoms with Gasteiger partial charge in [0.05, 0.1) is 18.4 Å². The van der Waals surface area contributed by atoms with Gasteiger partial charge in [-0.3, -0.25) is 14.7 Å². The molecule has 0 aliphatic carbocycles. The van der Waals surface area contributed by atoms with Gasteiger partial charge >= 0.3 is 5.97 Å². The number of rotatable bonds is 2. The van der Waals surface area contributed by atoms with Crippen LogP contribution in [0.2, 0.25) is 0 Å². The summed E-state index contributed by atoms with van der Waals surface area (Å²) in [5.74, 6) is -0.636. The molecular weight excluding hydrogens is 292 g/mol. The minimum absolute atomic E-state index is 0.227. The number of aromatic nitrogens is 1. The summed E-state index contributed by atoms with van der Waals surface area (Å²) in [5, 5.41) is 0. The molecule has 118 valence electrons. The smallest absolute Gasteiger partial charge is 0.329 e. The minimum Gasteiger partial charge on any atom is -0.467 e. The SMILES string of the molecule is COC(=O)[C@@H]1Cc2ccccc2N1C(=O)c1ccc(C)nc1C. The van der Waals surface area contributed by atoms with Gasteiger partial charge in [0.2, 0.25) is 0 Å². The number of para-hydroxylation sites is 1. The largest absolute Gasteiger partial charge is 0.467 e. The van der Waals surface area contributed by atoms with E-state index >= 15 is 0 Å². The number of ether oxygens (including phenoxy) is 1. The molecule has 1 aromatic carbocycles. The fourth-order valence-electron chi connectivity index (χ4n) is 3.00. The Bertz CT molecular complexity index is 786. The fraction of sp³-hybridized carbons (Fsp3) is 0.278. The summed E-state index contributed by atoms with van der Waals surface area (Å²) in [6.07, 6.45) is 0.465. The van der Waals surface area contributed by atoms with Crippen LogP contribution in [-0.2, 0) is 16.0 Å². The number of benzene rings is 1. The van der Waals surface area contributed by atoms with Crippen LogP contribution >= 0.6 is 0 Å². The van der Waals surface area contributed by atoms with Gasteiger partial charge in [-0.1, -0.05) is 18.2 Å². The standard InChI is InChI=1S/C18H18N2O3/c1-11-8-9-14(12(2)19-11)17(21)20-15-7-5-4-6-13(15)10-16(20)18(22)23-3/h4-9,16H,10H2,1-3H3/t16-/m0/s1. The van der Waals surface area contributed by atoms with E-state index in [4.69, 9.17) is 4.74 Å². The van der Waals surface area contributed by atoms with E-state index in [0.29, 0.717) is 17.7 Å². The first kappa shape index (κ1) is 15.2. The van der Waals surface area contributed by atoms with Gasteiger partial charge in [-0.15, -0.1) is 0 Å². The summed E-state index contributed by atoms with van der Waals surface area (Å²) in [5.41, 5.74) is 3.73. The number of hydrogen-bond acceptors (Lipinski definition) is 4. The first-order chi connectivity index (χ1) is 11.0. The summed E-state index contributed by atoms with van der Waals surface area (Å²) in [7, 11) is 1.34. The molecule has 1 atom stereocenters. The molecule has 1 aliphatic heterocycles. The van der Waals surface area contributed by atoms with Gasteiger partial charge in [0, 0.05) is 17.8 Å². The molecule has 5 nitrogen and oxygen atoms in total. The summed E-state index contributed by atoms with van der Waals surface area (Å²) in [6, 6.07) is 10.5. The van der Waals surface area contributed by atoms with Crippen LogP contribution in [0.4, 0.5) is 5.69 Å². The second kappa shape index (κ2) is 5.83. The molecule has 0 saturated carbocycles. The first-order valence-electron chi connectivity index (χ1n) is 7.46. The molecule has 1 amide bonds. The van der Waals surface area contributed by atoms with Crippen molar-refractivity contribution in [2.75, 3.05) is 12.0 Å². The number of pyridine rings is 1. The van der Waals surface area contributed by atoms with Gasteiger partial charge < -0.3 is 4.74 Å². The van der Waals surface area contributed by atoms with Crippen molar-refractivity contribution in [2.45, 2.75) is 26.3 Å². The Morgan fingerprint density at radius 3 is 2.61 bits per heavy atom. The molecular formula is C18H18N2O3. The van der Waals surface area contributed by atoms with E-state index in [1.54, 1.807) is 19.1 Å². The number of carbonyl (C=O) groups is 2. The third-order valence-corrected chi connectivity index (χ3v) is 4.12. The normalized spacial score (nSPS) is 16.1. The lowest BCUT2D eigenvalue weighted by Crippen LogP contribution is -2.43. The lowest BCUT2D eigenvalue weighted by molar-refractivity contribution is -0.141. The number of methoxy groups -OCH3 is 1. The Morgan fingerprint density at radius 2 is 1.91 bits per heavy atom. The first-order valence-corrected chi connectivity index (χ1v) is 7.46. The van der Waals surface area contributed by atoms with E-state index < -0.39 is 12.0 Å². The lowest BCUT2D eigenvalue weighted by atomic mass is 10.1. The van der Waals surface area contributed by atoms with Gasteiger partial charge in [0.1, 0.15) is 6.04 Å². The monoisotopic (exact) mass is 310 g/mol. The molecule has 1 aliphatic rings. The number of amides is 1. The molecule has 0 fully saturated rings. The van der Waals surface area contributed by atoms with Crippen LogP contribution in [0.15, 0.2) is 36.4 Å². The molecule has 0 bridgehead atoms. The molecule has 23 heavy (non-hydrogen) atoms. The molecule has 2 aromatic rings. The Kier molecular flexibility index (Phi) is 3.86. The maximum absolute atomic E-state index is 13.1. The van der Waals surface area contributed by atoms with E-state index in [9.17, 15) is 9.59 Å². The third-order valence-electron chi connectivity index (χ3n) is 4.12. The van der Waals surface area contributed by atoms with Crippen molar-refractivity contribution in [2.24, 2.45) is 0 Å². The Balaban J connectivity index is 2.06. The molecule has 0 radical (unpaired) electrons. The van der Waals surface area contributed by atoms with Crippen molar-refractivity contribution in [3.05, 3.63) is 58.9 Å². The van der Waals surface area contributed by atoms with Crippen molar-refractivity contribution < 1.29 is 14.3 Å². The van der Waals surface area contributed by atoms with Crippen LogP contribution in [0, 0.1) is 13.8 Å². The highest BCUT2D eigenvalue weighted by molar-refractivity contribution is 6.11. The maximum atomic E-state index is 13.1. The summed E-state index contributed by atoms with van der Waals surface area (Å²) in [4.78, 5) is 31.1. The number of nitrogens with zero attached hydrogens (tertiary/aromatic N) is 2. The van der Waals surface area contributed by atoms with Gasteiger partial charge in [0.25, 0.3) is 5.91 Å². The molecule has 1 aromatic heterocycles.